The van der Waals surface area contributed by atoms with Crippen molar-refractivity contribution < 1.29 is 9.53 Å². The summed E-state index contributed by atoms with van der Waals surface area (Å²) in [6.07, 6.45) is 0. The topological polar surface area (TPSA) is 26.3 Å². The summed E-state index contributed by atoms with van der Waals surface area (Å²) in [5.41, 5.74) is 1.60. The van der Waals surface area contributed by atoms with E-state index in [0.29, 0.717) is 0 Å². The first-order valence-corrected chi connectivity index (χ1v) is 8.69. The average molecular weight is 358 g/mol. The molecule has 0 aliphatic heterocycles. The zero-order valence-corrected chi connectivity index (χ0v) is 15.0. The van der Waals surface area contributed by atoms with E-state index in [4.69, 9.17) is 17.0 Å². The summed E-state index contributed by atoms with van der Waals surface area (Å²) in [5, 5.41) is 1.24. The maximum absolute atomic E-state index is 12.7. The molecule has 0 unspecified atom stereocenters. The van der Waals surface area contributed by atoms with Crippen LogP contribution >= 0.6 is 12.2 Å². The molecule has 0 aromatic heterocycles. The molecule has 0 radical (unpaired) electrons. The molecule has 0 spiro atoms. The Balaban J connectivity index is 2.29. The molecule has 3 rings (SSSR count). The molecule has 0 aliphatic rings. The Labute approximate surface area is 158 Å². The zero-order chi connectivity index (χ0) is 18.4. The Morgan fingerprint density at radius 1 is 0.769 bits per heavy atom. The van der Waals surface area contributed by atoms with Gasteiger partial charge in [0.05, 0.1) is 5.57 Å². The molecule has 2 nitrogen and oxygen atoms in total. The smallest absolute Gasteiger partial charge is 0.339 e. The van der Waals surface area contributed by atoms with E-state index in [-0.39, 0.29) is 5.57 Å². The fraction of sp³-hybridized carbons (Fsp3) is 0.0435. The predicted octanol–water partition coefficient (Wildman–Crippen LogP) is 5.08. The van der Waals surface area contributed by atoms with Gasteiger partial charge in [-0.05, 0) is 0 Å². The Bertz CT molecular complexity index is 806. The van der Waals surface area contributed by atoms with Gasteiger partial charge in [0.2, 0.25) is 0 Å². The highest BCUT2D eigenvalue weighted by Gasteiger charge is 2.40. The first-order chi connectivity index (χ1) is 12.7. The minimum absolute atomic E-state index is 0.146. The fourth-order valence-electron chi connectivity index (χ4n) is 2.95. The highest BCUT2D eigenvalue weighted by Crippen LogP contribution is 2.40. The van der Waals surface area contributed by atoms with Crippen LogP contribution in [-0.2, 0) is 15.1 Å². The molecule has 26 heavy (non-hydrogen) atoms. The lowest BCUT2D eigenvalue weighted by Crippen LogP contribution is -2.35. The van der Waals surface area contributed by atoms with Gasteiger partial charge in [0.1, 0.15) is 0 Å². The Morgan fingerprint density at radius 3 is 1.42 bits per heavy atom. The maximum atomic E-state index is 12.7. The van der Waals surface area contributed by atoms with E-state index in [1.54, 1.807) is 0 Å². The lowest BCUT2D eigenvalue weighted by Gasteiger charge is -2.35. The SMILES string of the molecule is C=C(C=S)C(=O)OC(c1ccccc1)(c1ccccc1)c1ccccc1. The summed E-state index contributed by atoms with van der Waals surface area (Å²) in [5.74, 6) is -0.545. The minimum Gasteiger partial charge on any atom is -0.441 e. The van der Waals surface area contributed by atoms with Crippen molar-refractivity contribution in [3.8, 4) is 0 Å². The molecule has 0 N–H and O–H groups in total. The normalized spacial score (nSPS) is 10.8. The molecular weight excluding hydrogens is 340 g/mol. The summed E-state index contributed by atoms with van der Waals surface area (Å²) in [6.45, 7) is 3.70. The molecule has 3 heteroatoms. The molecule has 3 aromatic rings. The molecule has 0 saturated heterocycles. The van der Waals surface area contributed by atoms with E-state index in [9.17, 15) is 4.79 Å². The predicted molar refractivity (Wildman–Crippen MR) is 108 cm³/mol. The molecule has 0 aliphatic carbocycles. The summed E-state index contributed by atoms with van der Waals surface area (Å²) in [7, 11) is 0. The number of benzene rings is 3. The standard InChI is InChI=1S/C23H18O2S/c1-18(17-26)22(24)25-23(19-11-5-2-6-12-19,20-13-7-3-8-14-20)21-15-9-4-10-16-21/h2-17H,1H2. The average Bonchev–Trinajstić information content (AvgIpc) is 2.73. The largest absolute Gasteiger partial charge is 0.441 e. The lowest BCUT2D eigenvalue weighted by atomic mass is 9.80. The summed E-state index contributed by atoms with van der Waals surface area (Å²) in [6, 6.07) is 29.1. The van der Waals surface area contributed by atoms with Crippen LogP contribution in [0.5, 0.6) is 0 Å². The van der Waals surface area contributed by atoms with Crippen LogP contribution in [0.25, 0.3) is 0 Å². The monoisotopic (exact) mass is 358 g/mol. The molecule has 128 valence electrons. The van der Waals surface area contributed by atoms with Crippen molar-refractivity contribution in [1.82, 2.24) is 0 Å². The van der Waals surface area contributed by atoms with Crippen molar-refractivity contribution in [2.75, 3.05) is 0 Å². The molecule has 0 bridgehead atoms. The van der Waals surface area contributed by atoms with Crippen molar-refractivity contribution in [2.24, 2.45) is 0 Å². The molecular formula is C23H18O2S. The van der Waals surface area contributed by atoms with Gasteiger partial charge in [-0.15, -0.1) is 0 Å². The van der Waals surface area contributed by atoms with E-state index in [1.165, 1.54) is 5.37 Å². The second-order valence-electron chi connectivity index (χ2n) is 5.81. The van der Waals surface area contributed by atoms with Gasteiger partial charge in [0.25, 0.3) is 0 Å². The van der Waals surface area contributed by atoms with Crippen LogP contribution in [0, 0.1) is 0 Å². The van der Waals surface area contributed by atoms with Crippen LogP contribution in [0.1, 0.15) is 16.7 Å². The number of hydrogen-bond donors (Lipinski definition) is 0. The highest BCUT2D eigenvalue weighted by atomic mass is 32.1. The third kappa shape index (κ3) is 3.35. The van der Waals surface area contributed by atoms with Crippen LogP contribution in [0.2, 0.25) is 0 Å². The molecule has 0 saturated carbocycles. The summed E-state index contributed by atoms with van der Waals surface area (Å²) in [4.78, 5) is 12.7. The number of hydrogen-bond acceptors (Lipinski definition) is 3. The number of esters is 1. The number of thiocarbonyl (C=S) groups is 1. The van der Waals surface area contributed by atoms with Crippen LogP contribution in [0.15, 0.2) is 103 Å². The number of ether oxygens (including phenoxy) is 1. The second kappa shape index (κ2) is 7.89. The first-order valence-electron chi connectivity index (χ1n) is 8.22. The van der Waals surface area contributed by atoms with Crippen molar-refractivity contribution in [2.45, 2.75) is 5.60 Å². The quantitative estimate of drug-likeness (QED) is 0.266. The summed E-state index contributed by atoms with van der Waals surface area (Å²) < 4.78 is 6.11. The number of carbonyl (C=O) groups excluding carboxylic acids is 1. The van der Waals surface area contributed by atoms with Gasteiger partial charge in [0.15, 0.2) is 5.60 Å². The fourth-order valence-corrected chi connectivity index (χ4v) is 3.04. The van der Waals surface area contributed by atoms with Gasteiger partial charge in [-0.25, -0.2) is 4.79 Å². The second-order valence-corrected chi connectivity index (χ2v) is 6.05. The van der Waals surface area contributed by atoms with Gasteiger partial charge in [-0.2, -0.15) is 0 Å². The van der Waals surface area contributed by atoms with Crippen LogP contribution in [0.4, 0.5) is 0 Å². The molecule has 0 heterocycles. The first kappa shape index (κ1) is 17.8. The molecule has 0 amide bonds. The van der Waals surface area contributed by atoms with Gasteiger partial charge >= 0.3 is 5.97 Å². The van der Waals surface area contributed by atoms with E-state index in [1.807, 2.05) is 91.0 Å². The van der Waals surface area contributed by atoms with Crippen LogP contribution in [-0.4, -0.2) is 11.3 Å². The van der Waals surface area contributed by atoms with Gasteiger partial charge < -0.3 is 4.74 Å². The van der Waals surface area contributed by atoms with E-state index in [0.717, 1.165) is 16.7 Å². The van der Waals surface area contributed by atoms with Gasteiger partial charge in [-0.3, -0.25) is 0 Å². The van der Waals surface area contributed by atoms with Crippen molar-refractivity contribution >= 4 is 23.6 Å². The zero-order valence-electron chi connectivity index (χ0n) is 14.2. The van der Waals surface area contributed by atoms with Gasteiger partial charge in [0, 0.05) is 22.1 Å². The maximum Gasteiger partial charge on any atom is 0.339 e. The molecule has 0 atom stereocenters. The number of rotatable bonds is 6. The minimum atomic E-state index is -1.10. The van der Waals surface area contributed by atoms with E-state index >= 15 is 0 Å². The Kier molecular flexibility index (Phi) is 5.40. The van der Waals surface area contributed by atoms with Crippen molar-refractivity contribution in [3.63, 3.8) is 0 Å². The highest BCUT2D eigenvalue weighted by molar-refractivity contribution is 7.79. The molecule has 3 aromatic carbocycles. The van der Waals surface area contributed by atoms with Crippen molar-refractivity contribution in [1.29, 1.82) is 0 Å². The molecule has 0 fully saturated rings. The van der Waals surface area contributed by atoms with E-state index < -0.39 is 11.6 Å². The van der Waals surface area contributed by atoms with Gasteiger partial charge in [-0.1, -0.05) is 110 Å². The Morgan fingerprint density at radius 2 is 1.12 bits per heavy atom. The van der Waals surface area contributed by atoms with Crippen LogP contribution < -0.4 is 0 Å². The third-order valence-corrected chi connectivity index (χ3v) is 4.48. The third-order valence-electron chi connectivity index (χ3n) is 4.19. The number of carbonyl (C=O) groups is 1. The lowest BCUT2D eigenvalue weighted by molar-refractivity contribution is -0.147. The van der Waals surface area contributed by atoms with E-state index in [2.05, 4.69) is 6.58 Å². The Hall–Kier alpha value is -3.04. The van der Waals surface area contributed by atoms with Crippen LogP contribution in [0.3, 0.4) is 0 Å². The van der Waals surface area contributed by atoms with Crippen molar-refractivity contribution in [3.05, 3.63) is 120 Å². The summed E-state index contributed by atoms with van der Waals surface area (Å²) >= 11 is 4.86.